The van der Waals surface area contributed by atoms with Crippen LogP contribution in [-0.4, -0.2) is 37.4 Å². The Kier molecular flexibility index (Phi) is 5.59. The molecule has 1 aromatic carbocycles. The molecular weight excluding hydrogens is 225 g/mol. The molecule has 0 spiro atoms. The van der Waals surface area contributed by atoms with Gasteiger partial charge in [-0.25, -0.2) is 4.39 Å². The molecule has 17 heavy (non-hydrogen) atoms. The molecule has 1 aromatic rings. The molecule has 0 amide bonds. The van der Waals surface area contributed by atoms with Crippen molar-refractivity contribution in [3.8, 4) is 0 Å². The van der Waals surface area contributed by atoms with Crippen LogP contribution < -0.4 is 5.32 Å². The maximum atomic E-state index is 12.9. The number of carbonyl (C=O) groups is 1. The molecule has 1 rings (SSSR count). The highest BCUT2D eigenvalue weighted by Gasteiger charge is 2.15. The van der Waals surface area contributed by atoms with Crippen molar-refractivity contribution in [2.75, 3.05) is 20.3 Å². The van der Waals surface area contributed by atoms with Crippen LogP contribution in [0.2, 0.25) is 0 Å². The second-order valence-corrected chi connectivity index (χ2v) is 3.68. The molecule has 0 aliphatic carbocycles. The Hall–Kier alpha value is -1.46. The molecule has 0 aliphatic rings. The van der Waals surface area contributed by atoms with Gasteiger partial charge >= 0.3 is 5.97 Å². The van der Waals surface area contributed by atoms with E-state index in [1.165, 1.54) is 19.2 Å². The summed E-state index contributed by atoms with van der Waals surface area (Å²) in [6, 6.07) is 5.52. The van der Waals surface area contributed by atoms with Crippen molar-refractivity contribution in [3.05, 3.63) is 35.6 Å². The van der Waals surface area contributed by atoms with Crippen molar-refractivity contribution in [1.82, 2.24) is 5.32 Å². The number of ether oxygens (including phenoxy) is 1. The third-order valence-corrected chi connectivity index (χ3v) is 2.32. The van der Waals surface area contributed by atoms with Gasteiger partial charge in [0.15, 0.2) is 0 Å². The lowest BCUT2D eigenvalue weighted by Gasteiger charge is -2.13. The van der Waals surface area contributed by atoms with E-state index in [0.717, 1.165) is 5.56 Å². The average Bonchev–Trinajstić information content (AvgIpc) is 2.28. The number of carboxylic acids is 1. The van der Waals surface area contributed by atoms with Crippen molar-refractivity contribution in [2.45, 2.75) is 12.5 Å². The van der Waals surface area contributed by atoms with Gasteiger partial charge < -0.3 is 15.2 Å². The minimum Gasteiger partial charge on any atom is -0.480 e. The van der Waals surface area contributed by atoms with Crippen LogP contribution in [0.4, 0.5) is 4.39 Å². The van der Waals surface area contributed by atoms with Crippen molar-refractivity contribution < 1.29 is 19.0 Å². The fourth-order valence-corrected chi connectivity index (χ4v) is 1.47. The molecule has 0 radical (unpaired) electrons. The van der Waals surface area contributed by atoms with Crippen LogP contribution in [-0.2, 0) is 16.0 Å². The smallest absolute Gasteiger partial charge is 0.323 e. The van der Waals surface area contributed by atoms with E-state index >= 15 is 0 Å². The zero-order valence-electron chi connectivity index (χ0n) is 9.65. The lowest BCUT2D eigenvalue weighted by molar-refractivity contribution is -0.140. The standard InChI is InChI=1S/C12H16FNO3/c1-17-8-11(12(15)16)14-6-5-9-3-2-4-10(13)7-9/h2-4,7,11,14H,5-6,8H2,1H3,(H,15,16). The van der Waals surface area contributed by atoms with E-state index in [1.807, 2.05) is 0 Å². The average molecular weight is 241 g/mol. The number of aliphatic carboxylic acids is 1. The molecule has 1 atom stereocenters. The summed E-state index contributed by atoms with van der Waals surface area (Å²) in [6.45, 7) is 0.572. The molecule has 0 saturated heterocycles. The van der Waals surface area contributed by atoms with Gasteiger partial charge in [0.2, 0.25) is 0 Å². The summed E-state index contributed by atoms with van der Waals surface area (Å²) in [5, 5.41) is 11.7. The number of benzene rings is 1. The molecule has 94 valence electrons. The van der Waals surface area contributed by atoms with E-state index in [2.05, 4.69) is 5.32 Å². The van der Waals surface area contributed by atoms with E-state index in [4.69, 9.17) is 9.84 Å². The van der Waals surface area contributed by atoms with E-state index in [0.29, 0.717) is 13.0 Å². The highest BCUT2D eigenvalue weighted by molar-refractivity contribution is 5.73. The molecule has 5 heteroatoms. The minimum atomic E-state index is -0.953. The Morgan fingerprint density at radius 3 is 2.94 bits per heavy atom. The molecule has 2 N–H and O–H groups in total. The third kappa shape index (κ3) is 4.93. The summed E-state index contributed by atoms with van der Waals surface area (Å²) >= 11 is 0. The van der Waals surface area contributed by atoms with E-state index in [9.17, 15) is 9.18 Å². The number of rotatable bonds is 7. The summed E-state index contributed by atoms with van der Waals surface area (Å²) < 4.78 is 17.7. The molecule has 0 saturated carbocycles. The summed E-state index contributed by atoms with van der Waals surface area (Å²) in [5.41, 5.74) is 0.832. The summed E-state index contributed by atoms with van der Waals surface area (Å²) in [5.74, 6) is -1.24. The second-order valence-electron chi connectivity index (χ2n) is 3.68. The molecule has 1 unspecified atom stereocenters. The fraction of sp³-hybridized carbons (Fsp3) is 0.417. The predicted octanol–water partition coefficient (Wildman–Crippen LogP) is 1.06. The largest absolute Gasteiger partial charge is 0.480 e. The Morgan fingerprint density at radius 1 is 1.59 bits per heavy atom. The molecule has 0 fully saturated rings. The Balaban J connectivity index is 2.38. The lowest BCUT2D eigenvalue weighted by Crippen LogP contribution is -2.41. The highest BCUT2D eigenvalue weighted by Crippen LogP contribution is 2.03. The first kappa shape index (κ1) is 13.6. The SMILES string of the molecule is COCC(NCCc1cccc(F)c1)C(=O)O. The van der Waals surface area contributed by atoms with Gasteiger partial charge in [-0.15, -0.1) is 0 Å². The van der Waals surface area contributed by atoms with Crippen molar-refractivity contribution in [1.29, 1.82) is 0 Å². The predicted molar refractivity (Wildman–Crippen MR) is 61.4 cm³/mol. The van der Waals surface area contributed by atoms with Gasteiger partial charge in [-0.3, -0.25) is 4.79 Å². The number of carboxylic acid groups (broad SMARTS) is 1. The maximum absolute atomic E-state index is 12.9. The number of nitrogens with one attached hydrogen (secondary N) is 1. The van der Waals surface area contributed by atoms with Gasteiger partial charge in [0, 0.05) is 13.7 Å². The van der Waals surface area contributed by atoms with E-state index in [-0.39, 0.29) is 12.4 Å². The zero-order valence-corrected chi connectivity index (χ0v) is 9.65. The van der Waals surface area contributed by atoms with E-state index in [1.54, 1.807) is 12.1 Å². The molecule has 0 heterocycles. The molecular formula is C12H16FNO3. The number of methoxy groups -OCH3 is 1. The van der Waals surface area contributed by atoms with Crippen LogP contribution in [0.1, 0.15) is 5.56 Å². The normalized spacial score (nSPS) is 12.4. The van der Waals surface area contributed by atoms with E-state index < -0.39 is 12.0 Å². The Bertz CT molecular complexity index is 371. The maximum Gasteiger partial charge on any atom is 0.323 e. The van der Waals surface area contributed by atoms with Gasteiger partial charge in [0.1, 0.15) is 11.9 Å². The van der Waals surface area contributed by atoms with Gasteiger partial charge in [-0.2, -0.15) is 0 Å². The summed E-state index contributed by atoms with van der Waals surface area (Å²) in [6.07, 6.45) is 0.575. The van der Waals surface area contributed by atoms with Crippen LogP contribution >= 0.6 is 0 Å². The summed E-state index contributed by atoms with van der Waals surface area (Å²) in [7, 11) is 1.45. The van der Waals surface area contributed by atoms with Gasteiger partial charge in [0.25, 0.3) is 0 Å². The summed E-state index contributed by atoms with van der Waals surface area (Å²) in [4.78, 5) is 10.8. The third-order valence-electron chi connectivity index (χ3n) is 2.32. The molecule has 0 aliphatic heterocycles. The number of hydrogen-bond acceptors (Lipinski definition) is 3. The molecule has 0 bridgehead atoms. The Morgan fingerprint density at radius 2 is 2.35 bits per heavy atom. The Labute approximate surface area is 99.4 Å². The zero-order chi connectivity index (χ0) is 12.7. The van der Waals surface area contributed by atoms with Crippen molar-refractivity contribution in [2.24, 2.45) is 0 Å². The van der Waals surface area contributed by atoms with Crippen LogP contribution in [0, 0.1) is 5.82 Å². The van der Waals surface area contributed by atoms with Crippen LogP contribution in [0.3, 0.4) is 0 Å². The lowest BCUT2D eigenvalue weighted by atomic mass is 10.1. The first-order chi connectivity index (χ1) is 8.13. The second kappa shape index (κ2) is 6.98. The quantitative estimate of drug-likeness (QED) is 0.749. The van der Waals surface area contributed by atoms with Crippen molar-refractivity contribution >= 4 is 5.97 Å². The fourth-order valence-electron chi connectivity index (χ4n) is 1.47. The van der Waals surface area contributed by atoms with Gasteiger partial charge in [0.05, 0.1) is 6.61 Å². The topological polar surface area (TPSA) is 58.6 Å². The highest BCUT2D eigenvalue weighted by atomic mass is 19.1. The van der Waals surface area contributed by atoms with Crippen LogP contribution in [0.5, 0.6) is 0 Å². The first-order valence-electron chi connectivity index (χ1n) is 5.33. The minimum absolute atomic E-state index is 0.110. The van der Waals surface area contributed by atoms with Gasteiger partial charge in [-0.1, -0.05) is 12.1 Å². The molecule has 4 nitrogen and oxygen atoms in total. The number of halogens is 1. The monoisotopic (exact) mass is 241 g/mol. The first-order valence-corrected chi connectivity index (χ1v) is 5.33. The van der Waals surface area contributed by atoms with Gasteiger partial charge in [-0.05, 0) is 24.1 Å². The molecule has 0 aromatic heterocycles. The van der Waals surface area contributed by atoms with Crippen LogP contribution in [0.25, 0.3) is 0 Å². The van der Waals surface area contributed by atoms with Crippen LogP contribution in [0.15, 0.2) is 24.3 Å². The number of hydrogen-bond donors (Lipinski definition) is 2. The van der Waals surface area contributed by atoms with Crippen molar-refractivity contribution in [3.63, 3.8) is 0 Å².